The van der Waals surface area contributed by atoms with Gasteiger partial charge in [-0.15, -0.1) is 0 Å². The number of aromatic nitrogens is 1. The van der Waals surface area contributed by atoms with Crippen LogP contribution >= 0.6 is 34.8 Å². The smallest absolute Gasteiger partial charge is 0.241 e. The third kappa shape index (κ3) is 4.09. The number of fused-ring (bicyclic) bond motifs is 1. The van der Waals surface area contributed by atoms with Crippen LogP contribution in [0.1, 0.15) is 17.2 Å². The largest absolute Gasteiger partial charge is 0.361 e. The Labute approximate surface area is 189 Å². The average Bonchev–Trinajstić information content (AvgIpc) is 3.17. The van der Waals surface area contributed by atoms with E-state index in [1.807, 2.05) is 30.3 Å². The number of aromatic amines is 1. The van der Waals surface area contributed by atoms with Crippen LogP contribution in [-0.4, -0.2) is 13.4 Å². The lowest BCUT2D eigenvalue weighted by atomic mass is 9.98. The van der Waals surface area contributed by atoms with Gasteiger partial charge in [-0.1, -0.05) is 83.3 Å². The van der Waals surface area contributed by atoms with E-state index < -0.39 is 20.4 Å². The summed E-state index contributed by atoms with van der Waals surface area (Å²) in [5, 5.41) is 1.26. The molecule has 0 saturated carbocycles. The lowest BCUT2D eigenvalue weighted by molar-refractivity contribution is 0.535. The summed E-state index contributed by atoms with van der Waals surface area (Å²) in [5.74, 6) is 0. The van der Waals surface area contributed by atoms with Gasteiger partial charge in [-0.2, -0.15) is 0 Å². The van der Waals surface area contributed by atoms with Crippen LogP contribution in [0.5, 0.6) is 0 Å². The molecule has 0 amide bonds. The molecule has 0 fully saturated rings. The molecule has 0 radical (unpaired) electrons. The molecule has 8 heteroatoms. The minimum Gasteiger partial charge on any atom is -0.361 e. The van der Waals surface area contributed by atoms with E-state index in [2.05, 4.69) is 9.71 Å². The average molecular weight is 480 g/mol. The normalized spacial score (nSPS) is 13.4. The maximum Gasteiger partial charge on any atom is 0.241 e. The van der Waals surface area contributed by atoms with Gasteiger partial charge in [0.25, 0.3) is 0 Å². The van der Waals surface area contributed by atoms with E-state index in [-0.39, 0.29) is 4.90 Å². The maximum absolute atomic E-state index is 13.2. The predicted molar refractivity (Wildman–Crippen MR) is 123 cm³/mol. The molecule has 4 nitrogen and oxygen atoms in total. The Balaban J connectivity index is 1.85. The second kappa shape index (κ2) is 8.25. The number of hydrogen-bond donors (Lipinski definition) is 2. The van der Waals surface area contributed by atoms with Gasteiger partial charge in [0.1, 0.15) is 0 Å². The topological polar surface area (TPSA) is 62.0 Å². The summed E-state index contributed by atoms with van der Waals surface area (Å²) in [6.07, 6.45) is 1.72. The molecule has 30 heavy (non-hydrogen) atoms. The SMILES string of the molecule is O=S(=O)(NC(c1c[nH]c2ccccc12)C(Cl)(Cl)c1ccccc1)c1ccc(Cl)cc1. The van der Waals surface area contributed by atoms with Crippen molar-refractivity contribution in [2.75, 3.05) is 0 Å². The summed E-state index contributed by atoms with van der Waals surface area (Å²) in [6, 6.07) is 21.4. The Morgan fingerprint density at radius 3 is 2.20 bits per heavy atom. The van der Waals surface area contributed by atoms with Gasteiger partial charge < -0.3 is 4.98 Å². The Kier molecular flexibility index (Phi) is 5.84. The minimum absolute atomic E-state index is 0.0638. The first-order valence-electron chi connectivity index (χ1n) is 9.06. The summed E-state index contributed by atoms with van der Waals surface area (Å²) in [5.41, 5.74) is 2.06. The van der Waals surface area contributed by atoms with Crippen LogP contribution in [-0.2, 0) is 14.4 Å². The predicted octanol–water partition coefficient (Wildman–Crippen LogP) is 6.17. The summed E-state index contributed by atoms with van der Waals surface area (Å²) in [7, 11) is -3.95. The molecular weight excluding hydrogens is 463 g/mol. The molecule has 2 N–H and O–H groups in total. The molecular formula is C22H17Cl3N2O2S. The number of halogens is 3. The van der Waals surface area contributed by atoms with Crippen molar-refractivity contribution in [3.63, 3.8) is 0 Å². The Morgan fingerprint density at radius 2 is 1.50 bits per heavy atom. The van der Waals surface area contributed by atoms with Gasteiger partial charge in [-0.25, -0.2) is 13.1 Å². The molecule has 154 valence electrons. The zero-order valence-electron chi connectivity index (χ0n) is 15.5. The van der Waals surface area contributed by atoms with Crippen LogP contribution in [0.25, 0.3) is 10.9 Å². The number of para-hydroxylation sites is 1. The lowest BCUT2D eigenvalue weighted by Gasteiger charge is -2.31. The quantitative estimate of drug-likeness (QED) is 0.325. The molecule has 0 bridgehead atoms. The van der Waals surface area contributed by atoms with Gasteiger partial charge in [0.2, 0.25) is 10.0 Å². The van der Waals surface area contributed by atoms with Crippen molar-refractivity contribution in [1.82, 2.24) is 9.71 Å². The maximum atomic E-state index is 13.2. The molecule has 0 aliphatic heterocycles. The highest BCUT2D eigenvalue weighted by Crippen LogP contribution is 2.47. The lowest BCUT2D eigenvalue weighted by Crippen LogP contribution is -2.37. The van der Waals surface area contributed by atoms with Crippen molar-refractivity contribution in [2.24, 2.45) is 0 Å². The van der Waals surface area contributed by atoms with Gasteiger partial charge >= 0.3 is 0 Å². The van der Waals surface area contributed by atoms with Gasteiger partial charge in [0.05, 0.1) is 10.9 Å². The van der Waals surface area contributed by atoms with Crippen molar-refractivity contribution in [3.05, 3.63) is 101 Å². The fourth-order valence-electron chi connectivity index (χ4n) is 3.33. The molecule has 4 rings (SSSR count). The van der Waals surface area contributed by atoms with Gasteiger partial charge in [-0.05, 0) is 41.5 Å². The van der Waals surface area contributed by atoms with Gasteiger partial charge in [0.15, 0.2) is 4.33 Å². The second-order valence-corrected chi connectivity index (χ2v) is 10.3. The minimum atomic E-state index is -3.95. The summed E-state index contributed by atoms with van der Waals surface area (Å²) in [6.45, 7) is 0. The fraction of sp³-hybridized carbons (Fsp3) is 0.0909. The van der Waals surface area contributed by atoms with E-state index in [9.17, 15) is 8.42 Å². The summed E-state index contributed by atoms with van der Waals surface area (Å²) < 4.78 is 27.5. The first-order chi connectivity index (χ1) is 14.3. The van der Waals surface area contributed by atoms with Crippen LogP contribution in [0, 0.1) is 0 Å². The van der Waals surface area contributed by atoms with Crippen molar-refractivity contribution in [3.8, 4) is 0 Å². The molecule has 0 aliphatic rings. The van der Waals surface area contributed by atoms with Crippen molar-refractivity contribution < 1.29 is 8.42 Å². The summed E-state index contributed by atoms with van der Waals surface area (Å²) >= 11 is 19.6. The highest BCUT2D eigenvalue weighted by Gasteiger charge is 2.41. The Hall–Kier alpha value is -2.02. The van der Waals surface area contributed by atoms with E-state index in [0.717, 1.165) is 10.9 Å². The zero-order valence-corrected chi connectivity index (χ0v) is 18.6. The van der Waals surface area contributed by atoms with Gasteiger partial charge in [-0.3, -0.25) is 0 Å². The molecule has 0 saturated heterocycles. The molecule has 0 aliphatic carbocycles. The van der Waals surface area contributed by atoms with Crippen molar-refractivity contribution in [2.45, 2.75) is 15.3 Å². The van der Waals surface area contributed by atoms with E-state index >= 15 is 0 Å². The van der Waals surface area contributed by atoms with Gasteiger partial charge in [0, 0.05) is 22.1 Å². The number of rotatable bonds is 6. The van der Waals surface area contributed by atoms with E-state index in [1.165, 1.54) is 24.3 Å². The van der Waals surface area contributed by atoms with Crippen molar-refractivity contribution >= 4 is 55.7 Å². The first kappa shape index (κ1) is 21.2. The number of H-pyrrole nitrogens is 1. The molecule has 1 aromatic heterocycles. The zero-order chi connectivity index (χ0) is 21.4. The van der Waals surface area contributed by atoms with E-state index in [0.29, 0.717) is 16.1 Å². The molecule has 1 atom stereocenters. The number of nitrogens with one attached hydrogen (secondary N) is 2. The van der Waals surface area contributed by atoms with E-state index in [1.54, 1.807) is 30.5 Å². The third-order valence-electron chi connectivity index (χ3n) is 4.85. The van der Waals surface area contributed by atoms with Crippen LogP contribution < -0.4 is 4.72 Å². The van der Waals surface area contributed by atoms with Crippen LogP contribution in [0.15, 0.2) is 90.0 Å². The highest BCUT2D eigenvalue weighted by atomic mass is 35.5. The number of hydrogen-bond acceptors (Lipinski definition) is 2. The monoisotopic (exact) mass is 478 g/mol. The Morgan fingerprint density at radius 1 is 0.867 bits per heavy atom. The molecule has 1 unspecified atom stereocenters. The highest BCUT2D eigenvalue weighted by molar-refractivity contribution is 7.89. The molecule has 1 heterocycles. The van der Waals surface area contributed by atoms with Crippen molar-refractivity contribution in [1.29, 1.82) is 0 Å². The number of benzene rings is 3. The molecule has 0 spiro atoms. The fourth-order valence-corrected chi connectivity index (χ4v) is 5.43. The number of alkyl halides is 2. The number of sulfonamides is 1. The van der Waals surface area contributed by atoms with Crippen LogP contribution in [0.2, 0.25) is 5.02 Å². The van der Waals surface area contributed by atoms with Crippen LogP contribution in [0.3, 0.4) is 0 Å². The first-order valence-corrected chi connectivity index (χ1v) is 11.7. The van der Waals surface area contributed by atoms with Crippen LogP contribution in [0.4, 0.5) is 0 Å². The standard InChI is InChI=1S/C22H17Cl3N2O2S/c23-16-10-12-17(13-11-16)30(28,29)27-21(22(24,25)15-6-2-1-3-7-15)19-14-26-20-9-5-4-8-18(19)20/h1-14,21,26-27H. The molecule has 3 aromatic carbocycles. The molecule has 4 aromatic rings. The van der Waals surface area contributed by atoms with E-state index in [4.69, 9.17) is 34.8 Å². The second-order valence-electron chi connectivity index (χ2n) is 6.79. The third-order valence-corrected chi connectivity index (χ3v) is 7.41. The summed E-state index contributed by atoms with van der Waals surface area (Å²) in [4.78, 5) is 3.22. The Bertz CT molecular complexity index is 1270.